The number of fused-ring (bicyclic) bond motifs is 1. The summed E-state index contributed by atoms with van der Waals surface area (Å²) in [5, 5.41) is 9.59. The molecule has 2 N–H and O–H groups in total. The van der Waals surface area contributed by atoms with Gasteiger partial charge in [-0.3, -0.25) is 9.89 Å². The van der Waals surface area contributed by atoms with Crippen LogP contribution in [0.3, 0.4) is 0 Å². The number of benzene rings is 1. The monoisotopic (exact) mass is 335 g/mol. The fraction of sp³-hybridized carbons (Fsp3) is 0.286. The molecule has 23 heavy (non-hydrogen) atoms. The van der Waals surface area contributed by atoms with Gasteiger partial charge in [-0.2, -0.15) is 22.1 Å². The largest absolute Gasteiger partial charge is 0.305 e. The van der Waals surface area contributed by atoms with Gasteiger partial charge in [0.1, 0.15) is 0 Å². The van der Waals surface area contributed by atoms with Crippen LogP contribution in [0.25, 0.3) is 0 Å². The highest BCUT2D eigenvalue weighted by Crippen LogP contribution is 2.29. The molecule has 1 aromatic heterocycles. The van der Waals surface area contributed by atoms with Gasteiger partial charge in [0.15, 0.2) is 5.82 Å². The molecule has 9 heteroatoms. The Kier molecular flexibility index (Phi) is 3.92. The fourth-order valence-corrected chi connectivity index (χ4v) is 3.42. The summed E-state index contributed by atoms with van der Waals surface area (Å²) in [6, 6.07) is 8.77. The smallest absolute Gasteiger partial charge is 0.282 e. The summed E-state index contributed by atoms with van der Waals surface area (Å²) < 4.78 is 26.9. The zero-order valence-electron chi connectivity index (χ0n) is 12.8. The normalized spacial score (nSPS) is 14.9. The van der Waals surface area contributed by atoms with Gasteiger partial charge in [0.2, 0.25) is 0 Å². The van der Waals surface area contributed by atoms with E-state index < -0.39 is 10.2 Å². The van der Waals surface area contributed by atoms with Crippen molar-refractivity contribution in [1.29, 1.82) is 0 Å². The van der Waals surface area contributed by atoms with Gasteiger partial charge in [0, 0.05) is 31.8 Å². The molecule has 1 aliphatic heterocycles. The Balaban J connectivity index is 1.79. The number of hydrogen-bond acceptors (Lipinski definition) is 4. The lowest BCUT2D eigenvalue weighted by molar-refractivity contribution is 0.102. The molecule has 1 amide bonds. The topological polar surface area (TPSA) is 98.4 Å². The molecule has 0 atom stereocenters. The zero-order chi connectivity index (χ0) is 16.6. The van der Waals surface area contributed by atoms with E-state index in [-0.39, 0.29) is 19.0 Å². The van der Waals surface area contributed by atoms with Crippen molar-refractivity contribution < 1.29 is 13.2 Å². The standard InChI is InChI=1S/C14H17N5O3S/c1-18(2)23(21,22)19-8-11-12(9-19)16-17-13(11)15-14(20)10-6-4-3-5-7-10/h3-7H,8-9H2,1-2H3,(H2,15,16,17,20). The van der Waals surface area contributed by atoms with Gasteiger partial charge >= 0.3 is 0 Å². The number of rotatable bonds is 4. The molecule has 122 valence electrons. The van der Waals surface area contributed by atoms with E-state index in [1.54, 1.807) is 24.3 Å². The summed E-state index contributed by atoms with van der Waals surface area (Å²) in [5.41, 5.74) is 1.90. The Labute approximate surface area is 134 Å². The molecule has 0 radical (unpaired) electrons. The predicted molar refractivity (Wildman–Crippen MR) is 84.8 cm³/mol. The number of anilines is 1. The molecule has 0 aliphatic carbocycles. The third-order valence-corrected chi connectivity index (χ3v) is 5.51. The number of aromatic amines is 1. The van der Waals surface area contributed by atoms with Gasteiger partial charge in [0.25, 0.3) is 16.1 Å². The quantitative estimate of drug-likeness (QED) is 0.863. The van der Waals surface area contributed by atoms with E-state index in [9.17, 15) is 13.2 Å². The third-order valence-electron chi connectivity index (χ3n) is 3.68. The molecule has 2 aromatic rings. The summed E-state index contributed by atoms with van der Waals surface area (Å²) in [5.74, 6) is 0.0825. The summed E-state index contributed by atoms with van der Waals surface area (Å²) in [7, 11) is -0.536. The molecule has 2 heterocycles. The van der Waals surface area contributed by atoms with Crippen molar-refractivity contribution in [3.63, 3.8) is 0 Å². The first-order valence-corrected chi connectivity index (χ1v) is 8.39. The number of carbonyl (C=O) groups is 1. The van der Waals surface area contributed by atoms with Crippen LogP contribution >= 0.6 is 0 Å². The lowest BCUT2D eigenvalue weighted by Gasteiger charge is -2.20. The minimum atomic E-state index is -3.51. The minimum absolute atomic E-state index is 0.177. The van der Waals surface area contributed by atoms with Crippen molar-refractivity contribution >= 4 is 21.9 Å². The van der Waals surface area contributed by atoms with E-state index >= 15 is 0 Å². The van der Waals surface area contributed by atoms with E-state index in [2.05, 4.69) is 15.5 Å². The van der Waals surface area contributed by atoms with Gasteiger partial charge in [-0.05, 0) is 12.1 Å². The van der Waals surface area contributed by atoms with E-state index in [1.165, 1.54) is 18.4 Å². The average molecular weight is 335 g/mol. The maximum atomic E-state index is 12.2. The number of amides is 1. The van der Waals surface area contributed by atoms with Crippen LogP contribution in [0.1, 0.15) is 21.6 Å². The van der Waals surface area contributed by atoms with Crippen LogP contribution in [0.2, 0.25) is 0 Å². The van der Waals surface area contributed by atoms with Crippen molar-refractivity contribution in [2.24, 2.45) is 0 Å². The summed E-state index contributed by atoms with van der Waals surface area (Å²) in [4.78, 5) is 12.2. The summed E-state index contributed by atoms with van der Waals surface area (Å²) >= 11 is 0. The highest BCUT2D eigenvalue weighted by molar-refractivity contribution is 7.86. The maximum absolute atomic E-state index is 12.2. The molecule has 0 fully saturated rings. The van der Waals surface area contributed by atoms with Crippen LogP contribution in [0.4, 0.5) is 5.82 Å². The second-order valence-corrected chi connectivity index (χ2v) is 7.55. The van der Waals surface area contributed by atoms with E-state index in [0.29, 0.717) is 22.6 Å². The zero-order valence-corrected chi connectivity index (χ0v) is 13.6. The Bertz CT molecular complexity index is 829. The van der Waals surface area contributed by atoms with Crippen molar-refractivity contribution in [1.82, 2.24) is 18.8 Å². The second kappa shape index (κ2) is 5.76. The van der Waals surface area contributed by atoms with Gasteiger partial charge < -0.3 is 5.32 Å². The van der Waals surface area contributed by atoms with Crippen LogP contribution in [-0.4, -0.2) is 47.2 Å². The van der Waals surface area contributed by atoms with Crippen LogP contribution < -0.4 is 5.32 Å². The summed E-state index contributed by atoms with van der Waals surface area (Å²) in [6.45, 7) is 0.390. The molecular formula is C14H17N5O3S. The number of nitrogens with zero attached hydrogens (tertiary/aromatic N) is 3. The molecule has 0 saturated carbocycles. The molecule has 8 nitrogen and oxygen atoms in total. The molecule has 3 rings (SSSR count). The lowest BCUT2D eigenvalue weighted by atomic mass is 10.2. The van der Waals surface area contributed by atoms with Gasteiger partial charge in [-0.1, -0.05) is 18.2 Å². The van der Waals surface area contributed by atoms with Crippen molar-refractivity contribution in [2.45, 2.75) is 13.1 Å². The van der Waals surface area contributed by atoms with Gasteiger partial charge in [-0.15, -0.1) is 0 Å². The number of H-pyrrole nitrogens is 1. The summed E-state index contributed by atoms with van der Waals surface area (Å²) in [6.07, 6.45) is 0. The van der Waals surface area contributed by atoms with Crippen molar-refractivity contribution in [2.75, 3.05) is 19.4 Å². The number of carbonyl (C=O) groups excluding carboxylic acids is 1. The molecule has 1 aromatic carbocycles. The Morgan fingerprint density at radius 1 is 1.26 bits per heavy atom. The predicted octanol–water partition coefficient (Wildman–Crippen LogP) is 0.784. The van der Waals surface area contributed by atoms with E-state index in [1.807, 2.05) is 6.07 Å². The molecule has 0 spiro atoms. The lowest BCUT2D eigenvalue weighted by Crippen LogP contribution is -2.36. The number of aromatic nitrogens is 2. The fourth-order valence-electron chi connectivity index (χ4n) is 2.38. The average Bonchev–Trinajstić information content (AvgIpc) is 3.10. The SMILES string of the molecule is CN(C)S(=O)(=O)N1Cc2[nH]nc(NC(=O)c3ccccc3)c2C1. The van der Waals surface area contributed by atoms with Gasteiger partial charge in [-0.25, -0.2) is 0 Å². The van der Waals surface area contributed by atoms with E-state index in [0.717, 1.165) is 4.31 Å². The second-order valence-electron chi connectivity index (χ2n) is 5.41. The van der Waals surface area contributed by atoms with Crippen LogP contribution in [0.15, 0.2) is 30.3 Å². The molecule has 0 unspecified atom stereocenters. The van der Waals surface area contributed by atoms with Crippen LogP contribution in [-0.2, 0) is 23.3 Å². The first kappa shape index (κ1) is 15.7. The van der Waals surface area contributed by atoms with Crippen molar-refractivity contribution in [3.05, 3.63) is 47.2 Å². The molecule has 0 bridgehead atoms. The maximum Gasteiger partial charge on any atom is 0.282 e. The number of hydrogen-bond donors (Lipinski definition) is 2. The number of nitrogens with one attached hydrogen (secondary N) is 2. The third kappa shape index (κ3) is 2.85. The first-order chi connectivity index (χ1) is 10.9. The highest BCUT2D eigenvalue weighted by Gasteiger charge is 2.34. The van der Waals surface area contributed by atoms with E-state index in [4.69, 9.17) is 0 Å². The van der Waals surface area contributed by atoms with Crippen molar-refractivity contribution in [3.8, 4) is 0 Å². The highest BCUT2D eigenvalue weighted by atomic mass is 32.2. The van der Waals surface area contributed by atoms with Crippen LogP contribution in [0, 0.1) is 0 Å². The molecule has 1 aliphatic rings. The minimum Gasteiger partial charge on any atom is -0.305 e. The Morgan fingerprint density at radius 3 is 2.61 bits per heavy atom. The molecule has 0 saturated heterocycles. The Morgan fingerprint density at radius 2 is 1.96 bits per heavy atom. The van der Waals surface area contributed by atoms with Crippen LogP contribution in [0.5, 0.6) is 0 Å². The first-order valence-electron chi connectivity index (χ1n) is 6.99. The molecular weight excluding hydrogens is 318 g/mol. The Hall–Kier alpha value is -2.23. The van der Waals surface area contributed by atoms with Gasteiger partial charge in [0.05, 0.1) is 12.2 Å².